The Labute approximate surface area is 164 Å². The molecule has 1 atom stereocenters. The smallest absolute Gasteiger partial charge is 0.343 e. The summed E-state index contributed by atoms with van der Waals surface area (Å²) in [5.74, 6) is 0. The Morgan fingerprint density at radius 2 is 1.64 bits per heavy atom. The molecule has 6 rings (SSSR count). The molecule has 0 amide bonds. The average molecular weight is 382 g/mol. The summed E-state index contributed by atoms with van der Waals surface area (Å²) >= 11 is 1.59. The average Bonchev–Trinajstić information content (AvgIpc) is 3.12. The molecule has 1 unspecified atom stereocenters. The number of thioether (sulfide) groups is 1. The number of hydrogen-bond donors (Lipinski definition) is 0. The van der Waals surface area contributed by atoms with Gasteiger partial charge in [0.05, 0.1) is 27.5 Å². The Kier molecular flexibility index (Phi) is 3.28. The third-order valence-corrected chi connectivity index (χ3v) is 6.39. The summed E-state index contributed by atoms with van der Waals surface area (Å²) in [6, 6.07) is 25.8. The van der Waals surface area contributed by atoms with Crippen molar-refractivity contribution in [1.29, 1.82) is 0 Å². The molecule has 3 heterocycles. The van der Waals surface area contributed by atoms with Crippen molar-refractivity contribution in [2.24, 2.45) is 0 Å². The summed E-state index contributed by atoms with van der Waals surface area (Å²) in [5, 5.41) is 1.64. The van der Waals surface area contributed by atoms with Gasteiger partial charge in [0.15, 0.2) is 5.16 Å². The molecule has 28 heavy (non-hydrogen) atoms. The lowest BCUT2D eigenvalue weighted by Gasteiger charge is -2.26. The number of imidazole rings is 1. The first-order valence-corrected chi connectivity index (χ1v) is 9.94. The van der Waals surface area contributed by atoms with Crippen LogP contribution in [0.5, 0.6) is 0 Å². The molecule has 134 valence electrons. The van der Waals surface area contributed by atoms with Crippen LogP contribution in [-0.4, -0.2) is 9.55 Å². The minimum atomic E-state index is -0.293. The summed E-state index contributed by atoms with van der Waals surface area (Å²) in [6.07, 6.45) is 0. The molecule has 0 bridgehead atoms. The number of benzene rings is 3. The van der Waals surface area contributed by atoms with E-state index in [1.165, 1.54) is 0 Å². The van der Waals surface area contributed by atoms with E-state index in [-0.39, 0.29) is 10.9 Å². The molecule has 1 aliphatic rings. The number of rotatable bonds is 1. The first-order chi connectivity index (χ1) is 13.8. The predicted molar refractivity (Wildman–Crippen MR) is 111 cm³/mol. The van der Waals surface area contributed by atoms with E-state index in [1.54, 1.807) is 11.8 Å². The van der Waals surface area contributed by atoms with Crippen molar-refractivity contribution in [2.75, 3.05) is 0 Å². The maximum Gasteiger partial charge on any atom is 0.343 e. The highest BCUT2D eigenvalue weighted by atomic mass is 32.2. The van der Waals surface area contributed by atoms with Crippen LogP contribution in [0.1, 0.15) is 16.4 Å². The van der Waals surface area contributed by atoms with Gasteiger partial charge in [-0.3, -0.25) is 4.57 Å². The summed E-state index contributed by atoms with van der Waals surface area (Å²) in [7, 11) is 0. The number of aromatic nitrogens is 2. The highest BCUT2D eigenvalue weighted by molar-refractivity contribution is 7.99. The van der Waals surface area contributed by atoms with Crippen molar-refractivity contribution >= 4 is 33.8 Å². The van der Waals surface area contributed by atoms with E-state index in [2.05, 4.69) is 4.57 Å². The molecular formula is C23H14N2O2S. The van der Waals surface area contributed by atoms with Crippen molar-refractivity contribution in [3.8, 4) is 5.69 Å². The van der Waals surface area contributed by atoms with Crippen molar-refractivity contribution < 1.29 is 4.42 Å². The molecule has 5 aromatic rings. The van der Waals surface area contributed by atoms with Crippen LogP contribution in [0.4, 0.5) is 0 Å². The van der Waals surface area contributed by atoms with Gasteiger partial charge in [-0.25, -0.2) is 9.78 Å². The van der Waals surface area contributed by atoms with Crippen LogP contribution in [0, 0.1) is 0 Å². The van der Waals surface area contributed by atoms with E-state index in [4.69, 9.17) is 9.40 Å². The first kappa shape index (κ1) is 15.7. The van der Waals surface area contributed by atoms with Gasteiger partial charge in [-0.1, -0.05) is 66.4 Å². The normalized spacial score (nSPS) is 15.5. The van der Waals surface area contributed by atoms with E-state index in [1.807, 2.05) is 78.9 Å². The highest BCUT2D eigenvalue weighted by Crippen LogP contribution is 2.48. The Balaban J connectivity index is 1.80. The summed E-state index contributed by atoms with van der Waals surface area (Å²) in [6.45, 7) is 0. The minimum Gasteiger partial charge on any atom is -0.422 e. The molecule has 5 heteroatoms. The second-order valence-corrected chi connectivity index (χ2v) is 7.85. The SMILES string of the molecule is O=c1oc2ccccc2c2c1C(c1ccccc1)Sc1nc3ccccc3n1-2. The van der Waals surface area contributed by atoms with Crippen LogP contribution in [0.2, 0.25) is 0 Å². The van der Waals surface area contributed by atoms with Crippen molar-refractivity contribution in [3.05, 3.63) is 100 Å². The monoisotopic (exact) mass is 382 g/mol. The largest absolute Gasteiger partial charge is 0.422 e. The molecular weight excluding hydrogens is 368 g/mol. The molecule has 0 radical (unpaired) electrons. The maximum atomic E-state index is 13.1. The fourth-order valence-corrected chi connectivity index (χ4v) is 5.22. The van der Waals surface area contributed by atoms with Crippen LogP contribution in [0.25, 0.3) is 27.7 Å². The number of fused-ring (bicyclic) bond motifs is 7. The van der Waals surface area contributed by atoms with Crippen molar-refractivity contribution in [3.63, 3.8) is 0 Å². The molecule has 0 saturated carbocycles. The van der Waals surface area contributed by atoms with Crippen LogP contribution in [0.15, 0.2) is 93.2 Å². The molecule has 3 aromatic carbocycles. The van der Waals surface area contributed by atoms with E-state index >= 15 is 0 Å². The van der Waals surface area contributed by atoms with Crippen LogP contribution in [-0.2, 0) is 0 Å². The second kappa shape index (κ2) is 5.84. The van der Waals surface area contributed by atoms with Gasteiger partial charge in [0.1, 0.15) is 5.58 Å². The zero-order valence-corrected chi connectivity index (χ0v) is 15.5. The maximum absolute atomic E-state index is 13.1. The molecule has 0 fully saturated rings. The molecule has 0 saturated heterocycles. The summed E-state index contributed by atoms with van der Waals surface area (Å²) in [4.78, 5) is 18.0. The van der Waals surface area contributed by atoms with Gasteiger partial charge in [-0.15, -0.1) is 0 Å². The fourth-order valence-electron chi connectivity index (χ4n) is 3.95. The number of hydrogen-bond acceptors (Lipinski definition) is 4. The Morgan fingerprint density at radius 3 is 2.54 bits per heavy atom. The fraction of sp³-hybridized carbons (Fsp3) is 0.0435. The third kappa shape index (κ3) is 2.14. The zero-order valence-electron chi connectivity index (χ0n) is 14.7. The molecule has 4 nitrogen and oxygen atoms in total. The molecule has 2 aromatic heterocycles. The topological polar surface area (TPSA) is 48.0 Å². The molecule has 0 aliphatic carbocycles. The van der Waals surface area contributed by atoms with Gasteiger partial charge in [0.25, 0.3) is 0 Å². The van der Waals surface area contributed by atoms with Gasteiger partial charge >= 0.3 is 5.63 Å². The van der Waals surface area contributed by atoms with Gasteiger partial charge in [-0.05, 0) is 29.8 Å². The van der Waals surface area contributed by atoms with Gasteiger partial charge < -0.3 is 4.42 Å². The zero-order chi connectivity index (χ0) is 18.7. The van der Waals surface area contributed by atoms with E-state index in [0.29, 0.717) is 11.1 Å². The minimum absolute atomic E-state index is 0.165. The molecule has 0 spiro atoms. The number of para-hydroxylation sites is 3. The first-order valence-electron chi connectivity index (χ1n) is 9.06. The third-order valence-electron chi connectivity index (χ3n) is 5.16. The van der Waals surface area contributed by atoms with Gasteiger partial charge in [0.2, 0.25) is 0 Å². The number of nitrogens with zero attached hydrogens (tertiary/aromatic N) is 2. The van der Waals surface area contributed by atoms with Crippen LogP contribution in [0.3, 0.4) is 0 Å². The Morgan fingerprint density at radius 1 is 0.893 bits per heavy atom. The van der Waals surface area contributed by atoms with Crippen molar-refractivity contribution in [2.45, 2.75) is 10.4 Å². The van der Waals surface area contributed by atoms with Gasteiger partial charge in [-0.2, -0.15) is 0 Å². The Bertz CT molecular complexity index is 1420. The van der Waals surface area contributed by atoms with E-state index < -0.39 is 0 Å². The van der Waals surface area contributed by atoms with Crippen LogP contribution < -0.4 is 5.63 Å². The van der Waals surface area contributed by atoms with Crippen LogP contribution >= 0.6 is 11.8 Å². The lowest BCUT2D eigenvalue weighted by Crippen LogP contribution is -2.21. The van der Waals surface area contributed by atoms with E-state index in [0.717, 1.165) is 32.8 Å². The van der Waals surface area contributed by atoms with E-state index in [9.17, 15) is 4.79 Å². The summed E-state index contributed by atoms with van der Waals surface area (Å²) in [5.41, 5.74) is 4.83. The summed E-state index contributed by atoms with van der Waals surface area (Å²) < 4.78 is 7.82. The predicted octanol–water partition coefficient (Wildman–Crippen LogP) is 5.33. The van der Waals surface area contributed by atoms with Crippen molar-refractivity contribution in [1.82, 2.24) is 9.55 Å². The Hall–Kier alpha value is -3.31. The quantitative estimate of drug-likeness (QED) is 0.368. The van der Waals surface area contributed by atoms with Gasteiger partial charge in [0, 0.05) is 5.39 Å². The highest BCUT2D eigenvalue weighted by Gasteiger charge is 2.34. The molecule has 0 N–H and O–H groups in total. The lowest BCUT2D eigenvalue weighted by molar-refractivity contribution is 0.549. The lowest BCUT2D eigenvalue weighted by atomic mass is 10.0. The second-order valence-electron chi connectivity index (χ2n) is 6.78. The molecule has 1 aliphatic heterocycles. The standard InChI is InChI=1S/C23H14N2O2S/c26-22-19-20(15-10-4-7-13-18(15)27-22)25-17-12-6-5-11-16(17)24-23(25)28-21(19)14-8-2-1-3-9-14/h1-13,21H.